The number of nitrogens with zero attached hydrogens (tertiary/aromatic N) is 2. The first-order valence-corrected chi connectivity index (χ1v) is 6.18. The monoisotopic (exact) mass is 316 g/mol. The van der Waals surface area contributed by atoms with E-state index in [0.29, 0.717) is 15.8 Å². The van der Waals surface area contributed by atoms with Gasteiger partial charge in [0, 0.05) is 11.1 Å². The zero-order valence-electron chi connectivity index (χ0n) is 10.3. The van der Waals surface area contributed by atoms with Crippen molar-refractivity contribution in [2.24, 2.45) is 0 Å². The van der Waals surface area contributed by atoms with E-state index in [4.69, 9.17) is 32.7 Å². The topological polar surface area (TPSA) is 89.1 Å². The number of carbonyl (C=O) groups is 1. The Morgan fingerprint density at radius 1 is 1.45 bits per heavy atom. The van der Waals surface area contributed by atoms with Gasteiger partial charge in [-0.15, -0.1) is 5.10 Å². The minimum absolute atomic E-state index is 0.124. The lowest BCUT2D eigenvalue weighted by molar-refractivity contribution is -0.118. The van der Waals surface area contributed by atoms with Crippen LogP contribution in [0.3, 0.4) is 0 Å². The molecule has 2 aromatic rings. The molecule has 1 aromatic carbocycles. The second-order valence-electron chi connectivity index (χ2n) is 3.58. The van der Waals surface area contributed by atoms with E-state index in [2.05, 4.69) is 20.5 Å². The number of anilines is 1. The van der Waals surface area contributed by atoms with Crippen molar-refractivity contribution in [3.05, 3.63) is 28.2 Å². The number of rotatable bonds is 5. The Morgan fingerprint density at radius 3 is 2.95 bits per heavy atom. The van der Waals surface area contributed by atoms with E-state index in [1.807, 2.05) is 0 Å². The summed E-state index contributed by atoms with van der Waals surface area (Å²) in [6.45, 7) is -0.247. The van der Waals surface area contributed by atoms with Crippen LogP contribution in [0, 0.1) is 0 Å². The van der Waals surface area contributed by atoms with Crippen LogP contribution in [-0.4, -0.2) is 34.8 Å². The molecule has 1 heterocycles. The molecule has 0 aliphatic carbocycles. The van der Waals surface area contributed by atoms with Crippen molar-refractivity contribution in [2.45, 2.75) is 0 Å². The van der Waals surface area contributed by atoms with Crippen molar-refractivity contribution >= 4 is 35.1 Å². The molecular formula is C11H10Cl2N4O3. The van der Waals surface area contributed by atoms with Crippen molar-refractivity contribution in [3.8, 4) is 11.8 Å². The summed E-state index contributed by atoms with van der Waals surface area (Å²) in [5.74, 6) is 0.0527. The molecule has 0 bridgehead atoms. The summed E-state index contributed by atoms with van der Waals surface area (Å²) in [6, 6.07) is 4.85. The van der Waals surface area contributed by atoms with Crippen LogP contribution in [0.2, 0.25) is 10.0 Å². The zero-order chi connectivity index (χ0) is 14.5. The minimum atomic E-state index is -0.431. The highest BCUT2D eigenvalue weighted by atomic mass is 35.5. The third kappa shape index (κ3) is 3.75. The number of aromatic amines is 1. The molecule has 2 rings (SSSR count). The Morgan fingerprint density at radius 2 is 2.25 bits per heavy atom. The second-order valence-corrected chi connectivity index (χ2v) is 4.43. The van der Waals surface area contributed by atoms with Gasteiger partial charge in [0.2, 0.25) is 5.95 Å². The second kappa shape index (κ2) is 6.44. The SMILES string of the molecule is COc1n[nH]c(NC(=O)COc2cc(Cl)ccc2Cl)n1. The fraction of sp³-hybridized carbons (Fsp3) is 0.182. The van der Waals surface area contributed by atoms with E-state index < -0.39 is 5.91 Å². The molecule has 1 amide bonds. The van der Waals surface area contributed by atoms with Gasteiger partial charge in [0.05, 0.1) is 12.1 Å². The lowest BCUT2D eigenvalue weighted by Gasteiger charge is -2.07. The van der Waals surface area contributed by atoms with Crippen molar-refractivity contribution in [1.82, 2.24) is 15.2 Å². The molecule has 0 saturated heterocycles. The van der Waals surface area contributed by atoms with E-state index in [1.165, 1.54) is 13.2 Å². The fourth-order valence-electron chi connectivity index (χ4n) is 1.29. The van der Waals surface area contributed by atoms with Crippen molar-refractivity contribution in [2.75, 3.05) is 19.0 Å². The molecule has 0 spiro atoms. The summed E-state index contributed by atoms with van der Waals surface area (Å²) in [5.41, 5.74) is 0. The Hall–Kier alpha value is -1.99. The summed E-state index contributed by atoms with van der Waals surface area (Å²) < 4.78 is 10.0. The molecule has 0 unspecified atom stereocenters. The molecule has 20 heavy (non-hydrogen) atoms. The number of carbonyl (C=O) groups excluding carboxylic acids is 1. The van der Waals surface area contributed by atoms with Gasteiger partial charge in [-0.05, 0) is 12.1 Å². The maximum Gasteiger partial charge on any atom is 0.336 e. The van der Waals surface area contributed by atoms with Crippen LogP contribution in [0.5, 0.6) is 11.8 Å². The van der Waals surface area contributed by atoms with Crippen LogP contribution in [-0.2, 0) is 4.79 Å². The zero-order valence-corrected chi connectivity index (χ0v) is 11.8. The average Bonchev–Trinajstić information content (AvgIpc) is 2.87. The van der Waals surface area contributed by atoms with Crippen molar-refractivity contribution in [1.29, 1.82) is 0 Å². The lowest BCUT2D eigenvalue weighted by atomic mass is 10.3. The maximum absolute atomic E-state index is 11.6. The van der Waals surface area contributed by atoms with Crippen LogP contribution in [0.4, 0.5) is 5.95 Å². The van der Waals surface area contributed by atoms with Crippen LogP contribution < -0.4 is 14.8 Å². The number of hydrogen-bond donors (Lipinski definition) is 2. The van der Waals surface area contributed by atoms with Gasteiger partial charge in [-0.3, -0.25) is 10.1 Å². The van der Waals surface area contributed by atoms with Gasteiger partial charge in [0.25, 0.3) is 5.91 Å². The van der Waals surface area contributed by atoms with E-state index >= 15 is 0 Å². The van der Waals surface area contributed by atoms with Gasteiger partial charge in [0.1, 0.15) is 5.75 Å². The van der Waals surface area contributed by atoms with Crippen LogP contribution >= 0.6 is 23.2 Å². The highest BCUT2D eigenvalue weighted by Gasteiger charge is 2.09. The third-order valence-corrected chi connectivity index (χ3v) is 2.70. The molecule has 2 N–H and O–H groups in total. The van der Waals surface area contributed by atoms with Crippen molar-refractivity contribution < 1.29 is 14.3 Å². The van der Waals surface area contributed by atoms with Crippen LogP contribution in [0.15, 0.2) is 18.2 Å². The molecule has 0 saturated carbocycles. The molecule has 9 heteroatoms. The predicted octanol–water partition coefficient (Wildman–Crippen LogP) is 2.14. The Balaban J connectivity index is 1.90. The number of aromatic nitrogens is 3. The number of methoxy groups -OCH3 is 1. The normalized spacial score (nSPS) is 10.2. The predicted molar refractivity (Wildman–Crippen MR) is 73.5 cm³/mol. The summed E-state index contributed by atoms with van der Waals surface area (Å²) >= 11 is 11.7. The molecule has 0 fully saturated rings. The minimum Gasteiger partial charge on any atom is -0.482 e. The number of benzene rings is 1. The number of amides is 1. The van der Waals surface area contributed by atoms with E-state index in [9.17, 15) is 4.79 Å². The van der Waals surface area contributed by atoms with Gasteiger partial charge in [-0.2, -0.15) is 4.98 Å². The largest absolute Gasteiger partial charge is 0.482 e. The average molecular weight is 317 g/mol. The number of halogens is 2. The third-order valence-electron chi connectivity index (χ3n) is 2.16. The van der Waals surface area contributed by atoms with Crippen LogP contribution in [0.1, 0.15) is 0 Å². The molecule has 0 radical (unpaired) electrons. The van der Waals surface area contributed by atoms with Gasteiger partial charge >= 0.3 is 6.01 Å². The molecule has 0 atom stereocenters. The summed E-state index contributed by atoms with van der Waals surface area (Å²) in [7, 11) is 1.42. The Labute approximate surface area is 124 Å². The summed E-state index contributed by atoms with van der Waals surface area (Å²) in [4.78, 5) is 15.5. The highest BCUT2D eigenvalue weighted by molar-refractivity contribution is 6.34. The summed E-state index contributed by atoms with van der Waals surface area (Å²) in [6.07, 6.45) is 0. The molecular weight excluding hydrogens is 307 g/mol. The molecule has 0 aliphatic rings. The first kappa shape index (κ1) is 14.4. The quantitative estimate of drug-likeness (QED) is 0.882. The standard InChI is InChI=1S/C11H10Cl2N4O3/c1-19-11-15-10(16-17-11)14-9(18)5-20-8-4-6(12)2-3-7(8)13/h2-4H,5H2,1H3,(H2,14,15,16,17,18). The Kier molecular flexibility index (Phi) is 4.65. The fourth-order valence-corrected chi connectivity index (χ4v) is 1.63. The van der Waals surface area contributed by atoms with Gasteiger partial charge in [-0.1, -0.05) is 23.2 Å². The number of hydrogen-bond acceptors (Lipinski definition) is 5. The van der Waals surface area contributed by atoms with E-state index in [0.717, 1.165) is 0 Å². The first-order valence-electron chi connectivity index (χ1n) is 5.42. The lowest BCUT2D eigenvalue weighted by Crippen LogP contribution is -2.21. The maximum atomic E-state index is 11.6. The highest BCUT2D eigenvalue weighted by Crippen LogP contribution is 2.27. The number of H-pyrrole nitrogens is 1. The summed E-state index contributed by atoms with van der Waals surface area (Å²) in [5, 5.41) is 9.44. The Bertz CT molecular complexity index is 617. The number of nitrogens with one attached hydrogen (secondary N) is 2. The molecule has 106 valence electrons. The van der Waals surface area contributed by atoms with Gasteiger partial charge < -0.3 is 9.47 Å². The van der Waals surface area contributed by atoms with Crippen molar-refractivity contribution in [3.63, 3.8) is 0 Å². The van der Waals surface area contributed by atoms with E-state index in [-0.39, 0.29) is 18.6 Å². The molecule has 1 aromatic heterocycles. The molecule has 7 nitrogen and oxygen atoms in total. The first-order chi connectivity index (χ1) is 9.58. The smallest absolute Gasteiger partial charge is 0.336 e. The van der Waals surface area contributed by atoms with E-state index in [1.54, 1.807) is 12.1 Å². The molecule has 0 aliphatic heterocycles. The van der Waals surface area contributed by atoms with Gasteiger partial charge in [-0.25, -0.2) is 5.10 Å². The van der Waals surface area contributed by atoms with Gasteiger partial charge in [0.15, 0.2) is 6.61 Å². The van der Waals surface area contributed by atoms with Crippen LogP contribution in [0.25, 0.3) is 0 Å². The number of ether oxygens (including phenoxy) is 2.